The molecule has 0 rings (SSSR count). The molecule has 0 N–H and O–H groups in total. The van der Waals surface area contributed by atoms with Crippen LogP contribution in [0.4, 0.5) is 0 Å². The van der Waals surface area contributed by atoms with Crippen LogP contribution in [0.2, 0.25) is 0 Å². The van der Waals surface area contributed by atoms with Crippen LogP contribution in [0, 0.1) is 0 Å². The summed E-state index contributed by atoms with van der Waals surface area (Å²) in [4.78, 5) is 52.2. The second kappa shape index (κ2) is 40.0. The Morgan fingerprint density at radius 1 is 0.389 bits per heavy atom. The fraction of sp³-hybridized carbons (Fsp3) is 0.826. The lowest BCUT2D eigenvalue weighted by atomic mass is 10.1. The number of nitrogens with zero attached hydrogens (tertiary/aromatic N) is 2. The van der Waals surface area contributed by atoms with E-state index in [1.807, 2.05) is 0 Å². The molecule has 0 aromatic heterocycles. The molecule has 0 aliphatic heterocycles. The third-order valence-corrected chi connectivity index (χ3v) is 10.1. The van der Waals surface area contributed by atoms with Gasteiger partial charge >= 0.3 is 11.9 Å². The highest BCUT2D eigenvalue weighted by Gasteiger charge is 2.13. The molecule has 0 atom stereocenters. The topological polar surface area (TPSA) is 93.2 Å². The molecule has 0 fully saturated rings. The normalized spacial score (nSPS) is 11.4. The summed E-state index contributed by atoms with van der Waals surface area (Å²) in [6, 6.07) is 0. The number of allylic oxidation sites excluding steroid dienone is 4. The number of ether oxygens (including phenoxy) is 2. The van der Waals surface area contributed by atoms with Crippen molar-refractivity contribution in [2.75, 3.05) is 40.4 Å². The molecule has 8 nitrogen and oxygen atoms in total. The van der Waals surface area contributed by atoms with Gasteiger partial charge in [0, 0.05) is 26.9 Å². The van der Waals surface area contributed by atoms with Gasteiger partial charge in [-0.3, -0.25) is 19.2 Å². The minimum absolute atomic E-state index is 0.0587. The van der Waals surface area contributed by atoms with Crippen molar-refractivity contribution in [3.8, 4) is 0 Å². The summed E-state index contributed by atoms with van der Waals surface area (Å²) in [6.45, 7) is 5.38. The molecule has 0 aromatic rings. The molecule has 0 saturated carbocycles. The smallest absolute Gasteiger partial charge is 0.306 e. The molecule has 0 aliphatic rings. The second-order valence-corrected chi connectivity index (χ2v) is 15.2. The Hall–Kier alpha value is -2.64. The fourth-order valence-corrected chi connectivity index (χ4v) is 6.27. The minimum Gasteiger partial charge on any atom is -0.464 e. The molecule has 8 heteroatoms. The zero-order chi connectivity index (χ0) is 39.7. The van der Waals surface area contributed by atoms with Crippen LogP contribution in [-0.2, 0) is 28.7 Å². The van der Waals surface area contributed by atoms with E-state index in [4.69, 9.17) is 9.47 Å². The molecule has 54 heavy (non-hydrogen) atoms. The van der Waals surface area contributed by atoms with Crippen LogP contribution in [-0.4, -0.2) is 74.0 Å². The number of esters is 2. The monoisotopic (exact) mass is 761 g/mol. The van der Waals surface area contributed by atoms with Crippen LogP contribution in [0.3, 0.4) is 0 Å². The third kappa shape index (κ3) is 36.3. The number of carbonyl (C=O) groups excluding carboxylic acids is 4. The quantitative estimate of drug-likeness (QED) is 0.0352. The summed E-state index contributed by atoms with van der Waals surface area (Å²) < 4.78 is 10.4. The minimum atomic E-state index is -0.489. The van der Waals surface area contributed by atoms with E-state index in [1.54, 1.807) is 23.9 Å². The third-order valence-electron chi connectivity index (χ3n) is 10.1. The summed E-state index contributed by atoms with van der Waals surface area (Å²) in [5, 5.41) is 0. The lowest BCUT2D eigenvalue weighted by molar-refractivity contribution is -0.151. The number of likely N-dealkylation sites (N-methyl/N-ethyl adjacent to an activating group) is 2. The van der Waals surface area contributed by atoms with Crippen molar-refractivity contribution >= 4 is 23.8 Å². The summed E-state index contributed by atoms with van der Waals surface area (Å²) >= 11 is 0. The maximum Gasteiger partial charge on any atom is 0.306 e. The van der Waals surface area contributed by atoms with Gasteiger partial charge < -0.3 is 19.3 Å². The average Bonchev–Trinajstić information content (AvgIpc) is 3.16. The standard InChI is InChI=1S/C46H84N2O6/c1-5-7-9-11-13-15-17-19-21-23-25-27-29-31-33-35-43(49)47(3)39-41-53-45(51)37-38-46(52)54-42-40-48(4)44(50)36-34-32-30-28-26-24-22-20-18-16-14-12-10-8-6-2/h19-22H,5-18,23-42H2,1-4H3/b21-19+,22-20+. The summed E-state index contributed by atoms with van der Waals surface area (Å²) in [7, 11) is 3.46. The summed E-state index contributed by atoms with van der Waals surface area (Å²) in [5.74, 6) is -0.860. The maximum absolute atomic E-state index is 12.4. The van der Waals surface area contributed by atoms with Gasteiger partial charge in [0.15, 0.2) is 0 Å². The number of unbranched alkanes of at least 4 members (excludes halogenated alkanes) is 22. The lowest BCUT2D eigenvalue weighted by Crippen LogP contribution is -2.31. The summed E-state index contributed by atoms with van der Waals surface area (Å²) in [5.41, 5.74) is 0. The van der Waals surface area contributed by atoms with Gasteiger partial charge in [0.1, 0.15) is 13.2 Å². The molecule has 0 bridgehead atoms. The van der Waals surface area contributed by atoms with E-state index >= 15 is 0 Å². The average molecular weight is 761 g/mol. The van der Waals surface area contributed by atoms with Gasteiger partial charge in [0.2, 0.25) is 11.8 Å². The molecule has 0 unspecified atom stereocenters. The van der Waals surface area contributed by atoms with Crippen molar-refractivity contribution in [3.63, 3.8) is 0 Å². The molecule has 0 radical (unpaired) electrons. The zero-order valence-corrected chi connectivity index (χ0v) is 35.7. The molecular formula is C46H84N2O6. The van der Waals surface area contributed by atoms with Crippen molar-refractivity contribution in [1.29, 1.82) is 0 Å². The van der Waals surface area contributed by atoms with Gasteiger partial charge in [-0.05, 0) is 64.2 Å². The lowest BCUT2D eigenvalue weighted by Gasteiger charge is -2.17. The van der Waals surface area contributed by atoms with Gasteiger partial charge in [-0.2, -0.15) is 0 Å². The highest BCUT2D eigenvalue weighted by molar-refractivity contribution is 5.78. The SMILES string of the molecule is CCCCCCCC/C=C/CCCCCCCC(=O)N(C)CCOC(=O)CCC(=O)OCCN(C)C(=O)CCCCCCC/C=C/CCCCCCCC. The van der Waals surface area contributed by atoms with Crippen LogP contribution < -0.4 is 0 Å². The first kappa shape index (κ1) is 51.4. The second-order valence-electron chi connectivity index (χ2n) is 15.2. The highest BCUT2D eigenvalue weighted by Crippen LogP contribution is 2.12. The van der Waals surface area contributed by atoms with Gasteiger partial charge in [0.25, 0.3) is 0 Å². The van der Waals surface area contributed by atoms with Gasteiger partial charge in [-0.1, -0.05) is 141 Å². The van der Waals surface area contributed by atoms with Crippen molar-refractivity contribution in [2.45, 2.75) is 206 Å². The van der Waals surface area contributed by atoms with Gasteiger partial charge in [0.05, 0.1) is 25.9 Å². The molecule has 0 spiro atoms. The number of carbonyl (C=O) groups is 4. The van der Waals surface area contributed by atoms with E-state index in [9.17, 15) is 19.2 Å². The molecular weight excluding hydrogens is 677 g/mol. The first-order valence-electron chi connectivity index (χ1n) is 22.4. The van der Waals surface area contributed by atoms with Crippen LogP contribution in [0.1, 0.15) is 206 Å². The van der Waals surface area contributed by atoms with Crippen molar-refractivity contribution in [1.82, 2.24) is 9.80 Å². The van der Waals surface area contributed by atoms with Gasteiger partial charge in [-0.25, -0.2) is 0 Å². The fourth-order valence-electron chi connectivity index (χ4n) is 6.27. The molecule has 0 aromatic carbocycles. The van der Waals surface area contributed by atoms with E-state index in [1.165, 1.54) is 116 Å². The van der Waals surface area contributed by atoms with Crippen molar-refractivity contribution in [3.05, 3.63) is 24.3 Å². The molecule has 2 amide bonds. The number of hydrogen-bond donors (Lipinski definition) is 0. The van der Waals surface area contributed by atoms with Crippen LogP contribution >= 0.6 is 0 Å². The maximum atomic E-state index is 12.4. The molecule has 314 valence electrons. The zero-order valence-electron chi connectivity index (χ0n) is 35.7. The van der Waals surface area contributed by atoms with Gasteiger partial charge in [-0.15, -0.1) is 0 Å². The number of rotatable bonds is 39. The molecule has 0 heterocycles. The van der Waals surface area contributed by atoms with Crippen molar-refractivity contribution < 1.29 is 28.7 Å². The Morgan fingerprint density at radius 3 is 0.981 bits per heavy atom. The predicted molar refractivity (Wildman–Crippen MR) is 225 cm³/mol. The van der Waals surface area contributed by atoms with E-state index in [0.717, 1.165) is 51.4 Å². The van der Waals surface area contributed by atoms with E-state index < -0.39 is 11.9 Å². The number of amides is 2. The highest BCUT2D eigenvalue weighted by atomic mass is 16.5. The Morgan fingerprint density at radius 2 is 0.667 bits per heavy atom. The van der Waals surface area contributed by atoms with Crippen LogP contribution in [0.25, 0.3) is 0 Å². The Balaban J connectivity index is 3.68. The molecule has 0 aliphatic carbocycles. The Kier molecular flexibility index (Phi) is 38.1. The van der Waals surface area contributed by atoms with E-state index in [-0.39, 0.29) is 37.9 Å². The Bertz CT molecular complexity index is 889. The van der Waals surface area contributed by atoms with Crippen LogP contribution in [0.15, 0.2) is 24.3 Å². The van der Waals surface area contributed by atoms with E-state index in [0.29, 0.717) is 25.9 Å². The van der Waals surface area contributed by atoms with Crippen LogP contribution in [0.5, 0.6) is 0 Å². The van der Waals surface area contributed by atoms with Crippen molar-refractivity contribution in [2.24, 2.45) is 0 Å². The number of hydrogen-bond acceptors (Lipinski definition) is 6. The first-order chi connectivity index (χ1) is 26.3. The summed E-state index contributed by atoms with van der Waals surface area (Å²) in [6.07, 6.45) is 42.0. The predicted octanol–water partition coefficient (Wildman–Crippen LogP) is 11.8. The first-order valence-corrected chi connectivity index (χ1v) is 22.4. The van der Waals surface area contributed by atoms with E-state index in [2.05, 4.69) is 38.2 Å². The largest absolute Gasteiger partial charge is 0.464 e. The Labute approximate surface area is 332 Å². The molecule has 0 saturated heterocycles.